The van der Waals surface area contributed by atoms with Gasteiger partial charge in [-0.15, -0.1) is 0 Å². The van der Waals surface area contributed by atoms with Crippen LogP contribution < -0.4 is 10.5 Å². The molecule has 2 amide bonds. The van der Waals surface area contributed by atoms with Gasteiger partial charge in [0.25, 0.3) is 0 Å². The van der Waals surface area contributed by atoms with Crippen LogP contribution in [-0.2, 0) is 4.79 Å². The Hall–Kier alpha value is -3.22. The van der Waals surface area contributed by atoms with Gasteiger partial charge in [-0.3, -0.25) is 9.59 Å². The second-order valence-electron chi connectivity index (χ2n) is 7.04. The van der Waals surface area contributed by atoms with Gasteiger partial charge in [0, 0.05) is 41.9 Å². The molecule has 1 fully saturated rings. The number of benzene rings is 1. The van der Waals surface area contributed by atoms with E-state index in [0.717, 1.165) is 24.4 Å². The number of hydrogen-bond acceptors (Lipinski definition) is 5. The van der Waals surface area contributed by atoms with E-state index in [1.54, 1.807) is 37.3 Å². The maximum Gasteiger partial charge on any atom is 0.248 e. The number of primary amides is 1. The number of carbonyl (C=O) groups excluding carboxylic acids is 2. The molecule has 0 spiro atoms. The molecule has 0 radical (unpaired) electrons. The van der Waals surface area contributed by atoms with Crippen LogP contribution in [0.4, 0.5) is 0 Å². The number of aromatic nitrogens is 2. The van der Waals surface area contributed by atoms with E-state index in [2.05, 4.69) is 16.5 Å². The highest BCUT2D eigenvalue weighted by Gasteiger charge is 2.26. The molecule has 1 saturated heterocycles. The minimum Gasteiger partial charge on any atom is -0.439 e. The average molecular weight is 380 g/mol. The lowest BCUT2D eigenvalue weighted by atomic mass is 9.95. The van der Waals surface area contributed by atoms with Crippen LogP contribution in [0.15, 0.2) is 42.5 Å². The minimum absolute atomic E-state index is 0.00652. The first kappa shape index (κ1) is 19.5. The Bertz CT molecular complexity index is 900. The second kappa shape index (κ2) is 8.21. The SMILES string of the molecule is C=C(C)C(=O)N1CCC(c2nc(C)cc(Oc3ccc(C(N)=O)cc3)n2)CC1. The van der Waals surface area contributed by atoms with Gasteiger partial charge in [-0.2, -0.15) is 4.98 Å². The summed E-state index contributed by atoms with van der Waals surface area (Å²) >= 11 is 0. The molecule has 1 aromatic carbocycles. The third-order valence-electron chi connectivity index (χ3n) is 4.72. The first-order valence-electron chi connectivity index (χ1n) is 9.21. The summed E-state index contributed by atoms with van der Waals surface area (Å²) in [5.41, 5.74) is 7.05. The molecular weight excluding hydrogens is 356 g/mol. The molecule has 146 valence electrons. The Balaban J connectivity index is 1.71. The number of piperidine rings is 1. The molecule has 7 heteroatoms. The number of likely N-dealkylation sites (tertiary alicyclic amines) is 1. The van der Waals surface area contributed by atoms with E-state index >= 15 is 0 Å². The van der Waals surface area contributed by atoms with Crippen LogP contribution in [0.3, 0.4) is 0 Å². The highest BCUT2D eigenvalue weighted by molar-refractivity contribution is 5.93. The van der Waals surface area contributed by atoms with E-state index in [9.17, 15) is 9.59 Å². The number of ether oxygens (including phenoxy) is 1. The molecule has 7 nitrogen and oxygen atoms in total. The molecule has 1 aromatic heterocycles. The largest absolute Gasteiger partial charge is 0.439 e. The van der Waals surface area contributed by atoms with Crippen molar-refractivity contribution < 1.29 is 14.3 Å². The highest BCUT2D eigenvalue weighted by Crippen LogP contribution is 2.29. The number of nitrogens with zero attached hydrogens (tertiary/aromatic N) is 3. The van der Waals surface area contributed by atoms with Gasteiger partial charge in [0.05, 0.1) is 0 Å². The van der Waals surface area contributed by atoms with Crippen molar-refractivity contribution in [2.45, 2.75) is 32.6 Å². The molecule has 0 bridgehead atoms. The van der Waals surface area contributed by atoms with E-state index in [0.29, 0.717) is 35.9 Å². The van der Waals surface area contributed by atoms with E-state index < -0.39 is 5.91 Å². The Morgan fingerprint density at radius 1 is 1.18 bits per heavy atom. The fourth-order valence-corrected chi connectivity index (χ4v) is 3.22. The molecule has 1 aliphatic heterocycles. The minimum atomic E-state index is -0.483. The molecule has 2 heterocycles. The van der Waals surface area contributed by atoms with Gasteiger partial charge >= 0.3 is 0 Å². The molecule has 2 aromatic rings. The zero-order valence-electron chi connectivity index (χ0n) is 16.1. The van der Waals surface area contributed by atoms with Crippen LogP contribution in [0.2, 0.25) is 0 Å². The highest BCUT2D eigenvalue weighted by atomic mass is 16.5. The topological polar surface area (TPSA) is 98.4 Å². The summed E-state index contributed by atoms with van der Waals surface area (Å²) in [5.74, 6) is 1.45. The average Bonchev–Trinajstić information content (AvgIpc) is 2.67. The molecular formula is C21H24N4O3. The normalized spacial score (nSPS) is 14.6. The maximum atomic E-state index is 12.1. The first-order valence-corrected chi connectivity index (χ1v) is 9.21. The van der Waals surface area contributed by atoms with Crippen molar-refractivity contribution in [3.05, 3.63) is 59.6 Å². The lowest BCUT2D eigenvalue weighted by Gasteiger charge is -2.31. The molecule has 2 N–H and O–H groups in total. The van der Waals surface area contributed by atoms with E-state index in [-0.39, 0.29) is 11.8 Å². The fourth-order valence-electron chi connectivity index (χ4n) is 3.22. The van der Waals surface area contributed by atoms with Crippen molar-refractivity contribution in [2.75, 3.05) is 13.1 Å². The van der Waals surface area contributed by atoms with E-state index in [1.165, 1.54) is 0 Å². The van der Waals surface area contributed by atoms with Crippen LogP contribution in [-0.4, -0.2) is 39.8 Å². The second-order valence-corrected chi connectivity index (χ2v) is 7.04. The summed E-state index contributed by atoms with van der Waals surface area (Å²) in [6.45, 7) is 8.69. The molecule has 0 aliphatic carbocycles. The summed E-state index contributed by atoms with van der Waals surface area (Å²) in [4.78, 5) is 34.2. The number of amides is 2. The quantitative estimate of drug-likeness (QED) is 0.804. The van der Waals surface area contributed by atoms with Crippen molar-refractivity contribution in [3.63, 3.8) is 0 Å². The van der Waals surface area contributed by atoms with Crippen LogP contribution in [0.5, 0.6) is 11.6 Å². The third-order valence-corrected chi connectivity index (χ3v) is 4.72. The van der Waals surface area contributed by atoms with Gasteiger partial charge in [0.1, 0.15) is 11.6 Å². The Labute approximate surface area is 164 Å². The van der Waals surface area contributed by atoms with Crippen molar-refractivity contribution in [2.24, 2.45) is 5.73 Å². The van der Waals surface area contributed by atoms with Gasteiger partial charge in [-0.25, -0.2) is 4.98 Å². The Morgan fingerprint density at radius 3 is 2.39 bits per heavy atom. The van der Waals surface area contributed by atoms with Crippen molar-refractivity contribution in [3.8, 4) is 11.6 Å². The zero-order valence-corrected chi connectivity index (χ0v) is 16.1. The van der Waals surface area contributed by atoms with E-state index in [1.807, 2.05) is 11.8 Å². The molecule has 28 heavy (non-hydrogen) atoms. The molecule has 1 aliphatic rings. The fraction of sp³-hybridized carbons (Fsp3) is 0.333. The summed E-state index contributed by atoms with van der Waals surface area (Å²) in [5, 5.41) is 0. The van der Waals surface area contributed by atoms with Crippen LogP contribution >= 0.6 is 0 Å². The zero-order chi connectivity index (χ0) is 20.3. The van der Waals surface area contributed by atoms with Crippen molar-refractivity contribution in [1.82, 2.24) is 14.9 Å². The summed E-state index contributed by atoms with van der Waals surface area (Å²) in [7, 11) is 0. The Kier molecular flexibility index (Phi) is 5.73. The summed E-state index contributed by atoms with van der Waals surface area (Å²) in [6.07, 6.45) is 1.60. The van der Waals surface area contributed by atoms with Crippen molar-refractivity contribution in [1.29, 1.82) is 0 Å². The lowest BCUT2D eigenvalue weighted by Crippen LogP contribution is -2.38. The third kappa shape index (κ3) is 4.54. The van der Waals surface area contributed by atoms with E-state index in [4.69, 9.17) is 10.5 Å². The van der Waals surface area contributed by atoms with Crippen LogP contribution in [0.25, 0.3) is 0 Å². The van der Waals surface area contributed by atoms with Crippen LogP contribution in [0, 0.1) is 6.92 Å². The van der Waals surface area contributed by atoms with Gasteiger partial charge in [0.2, 0.25) is 17.7 Å². The summed E-state index contributed by atoms with van der Waals surface area (Å²) in [6, 6.07) is 8.35. The first-order chi connectivity index (χ1) is 13.3. The number of carbonyl (C=O) groups is 2. The van der Waals surface area contributed by atoms with Crippen LogP contribution in [0.1, 0.15) is 47.6 Å². The lowest BCUT2D eigenvalue weighted by molar-refractivity contribution is -0.128. The van der Waals surface area contributed by atoms with Gasteiger partial charge in [-0.1, -0.05) is 6.58 Å². The number of hydrogen-bond donors (Lipinski definition) is 1. The molecule has 0 atom stereocenters. The van der Waals surface area contributed by atoms with Gasteiger partial charge in [0.15, 0.2) is 0 Å². The molecule has 0 unspecified atom stereocenters. The smallest absolute Gasteiger partial charge is 0.248 e. The van der Waals surface area contributed by atoms with Gasteiger partial charge < -0.3 is 15.4 Å². The predicted molar refractivity (Wildman–Crippen MR) is 105 cm³/mol. The Morgan fingerprint density at radius 2 is 1.82 bits per heavy atom. The number of aryl methyl sites for hydroxylation is 1. The number of nitrogens with two attached hydrogens (primary N) is 1. The molecule has 3 rings (SSSR count). The monoisotopic (exact) mass is 380 g/mol. The predicted octanol–water partition coefficient (Wildman–Crippen LogP) is 2.96. The standard InChI is InChI=1S/C21H24N4O3/c1-13(2)21(27)25-10-8-16(9-11-25)20-23-14(3)12-18(24-20)28-17-6-4-15(5-7-17)19(22)26/h4-7,12,16H,1,8-11H2,2-3H3,(H2,22,26). The summed E-state index contributed by atoms with van der Waals surface area (Å²) < 4.78 is 5.84. The van der Waals surface area contributed by atoms with Crippen molar-refractivity contribution >= 4 is 11.8 Å². The molecule has 0 saturated carbocycles. The van der Waals surface area contributed by atoms with Gasteiger partial charge in [-0.05, 0) is 51.0 Å². The maximum absolute atomic E-state index is 12.1. The number of rotatable bonds is 5.